The number of likely N-dealkylation sites (N-methyl/N-ethyl adjacent to an activating group) is 1. The molecule has 2 aliphatic carbocycles. The molecule has 0 aromatic heterocycles. The highest BCUT2D eigenvalue weighted by molar-refractivity contribution is 5.92. The van der Waals surface area contributed by atoms with Gasteiger partial charge in [-0.25, -0.2) is 0 Å². The van der Waals surface area contributed by atoms with Crippen LogP contribution in [0.3, 0.4) is 0 Å². The highest BCUT2D eigenvalue weighted by Crippen LogP contribution is 2.66. The highest BCUT2D eigenvalue weighted by Gasteiger charge is 2.73. The second-order valence-corrected chi connectivity index (χ2v) is 12.5. The first-order valence-corrected chi connectivity index (χ1v) is 15.3. The molecule has 2 bridgehead atoms. The number of likely N-dealkylation sites (tertiary alicyclic amines) is 1. The van der Waals surface area contributed by atoms with Gasteiger partial charge in [0.2, 0.25) is 5.91 Å². The van der Waals surface area contributed by atoms with E-state index in [-0.39, 0.29) is 18.0 Å². The zero-order valence-corrected chi connectivity index (χ0v) is 24.7. The summed E-state index contributed by atoms with van der Waals surface area (Å²) in [5.74, 6) is 0.420. The SMILES string of the molecule is CC(=O)Oc1ccc2c3c1O[C@H]1[C@@H](N(C)C(=O)C=Cc4ccccc4)CC[C@@]4(O)[C@@H](C2)N(CCc2ccccc2)CC[C@]314. The molecule has 7 heteroatoms. The van der Waals surface area contributed by atoms with Gasteiger partial charge < -0.3 is 19.5 Å². The van der Waals surface area contributed by atoms with Crippen molar-refractivity contribution in [3.63, 3.8) is 0 Å². The van der Waals surface area contributed by atoms with Gasteiger partial charge in [0.1, 0.15) is 6.10 Å². The van der Waals surface area contributed by atoms with Crippen LogP contribution in [0.25, 0.3) is 6.08 Å². The van der Waals surface area contributed by atoms with Crippen molar-refractivity contribution in [2.45, 2.75) is 68.2 Å². The molecule has 222 valence electrons. The number of carbonyl (C=O) groups is 2. The van der Waals surface area contributed by atoms with E-state index in [0.29, 0.717) is 37.2 Å². The molecule has 1 amide bonds. The number of rotatable bonds is 7. The molecule has 4 aliphatic rings. The average molecular weight is 579 g/mol. The predicted octanol–water partition coefficient (Wildman–Crippen LogP) is 4.55. The predicted molar refractivity (Wildman–Crippen MR) is 164 cm³/mol. The summed E-state index contributed by atoms with van der Waals surface area (Å²) in [6, 6.07) is 23.8. The molecule has 1 saturated carbocycles. The van der Waals surface area contributed by atoms with Gasteiger partial charge in [0.15, 0.2) is 11.5 Å². The molecule has 3 aromatic carbocycles. The first-order valence-electron chi connectivity index (χ1n) is 15.3. The van der Waals surface area contributed by atoms with Crippen LogP contribution >= 0.6 is 0 Å². The smallest absolute Gasteiger partial charge is 0.308 e. The van der Waals surface area contributed by atoms with E-state index < -0.39 is 23.1 Å². The number of benzene rings is 3. The molecule has 0 unspecified atom stereocenters. The van der Waals surface area contributed by atoms with Gasteiger partial charge in [-0.05, 0) is 67.5 Å². The molecular formula is C36H38N2O5. The van der Waals surface area contributed by atoms with E-state index >= 15 is 0 Å². The fraction of sp³-hybridized carbons (Fsp3) is 0.389. The van der Waals surface area contributed by atoms with Gasteiger partial charge in [-0.1, -0.05) is 66.7 Å². The number of hydrogen-bond donors (Lipinski definition) is 1. The second-order valence-electron chi connectivity index (χ2n) is 12.5. The van der Waals surface area contributed by atoms with Crippen LogP contribution < -0.4 is 9.47 Å². The van der Waals surface area contributed by atoms with Crippen molar-refractivity contribution in [3.8, 4) is 11.5 Å². The Morgan fingerprint density at radius 1 is 1.07 bits per heavy atom. The van der Waals surface area contributed by atoms with Gasteiger partial charge >= 0.3 is 5.97 Å². The summed E-state index contributed by atoms with van der Waals surface area (Å²) < 4.78 is 12.4. The molecule has 1 spiro atoms. The Bertz CT molecular complexity index is 1570. The molecule has 2 heterocycles. The first kappa shape index (κ1) is 27.9. The lowest BCUT2D eigenvalue weighted by atomic mass is 9.48. The van der Waals surface area contributed by atoms with Crippen LogP contribution in [0.2, 0.25) is 0 Å². The maximum atomic E-state index is 13.5. The lowest BCUT2D eigenvalue weighted by molar-refractivity contribution is -0.199. The van der Waals surface area contributed by atoms with Crippen molar-refractivity contribution in [1.29, 1.82) is 0 Å². The maximum absolute atomic E-state index is 13.5. The maximum Gasteiger partial charge on any atom is 0.308 e. The lowest BCUT2D eigenvalue weighted by Gasteiger charge is -2.64. The van der Waals surface area contributed by atoms with Crippen LogP contribution in [0, 0.1) is 0 Å². The van der Waals surface area contributed by atoms with Crippen molar-refractivity contribution >= 4 is 18.0 Å². The Kier molecular flexibility index (Phi) is 6.90. The molecule has 3 aromatic rings. The molecule has 7 rings (SSSR count). The van der Waals surface area contributed by atoms with Crippen molar-refractivity contribution in [1.82, 2.24) is 9.80 Å². The normalized spacial score (nSPS) is 28.7. The molecule has 5 atom stereocenters. The summed E-state index contributed by atoms with van der Waals surface area (Å²) in [5, 5.41) is 12.9. The van der Waals surface area contributed by atoms with Crippen molar-refractivity contribution in [2.24, 2.45) is 0 Å². The lowest BCUT2D eigenvalue weighted by Crippen LogP contribution is -2.78. The number of piperidine rings is 1. The van der Waals surface area contributed by atoms with Crippen LogP contribution in [-0.2, 0) is 27.8 Å². The van der Waals surface area contributed by atoms with Gasteiger partial charge in [-0.15, -0.1) is 0 Å². The Balaban J connectivity index is 1.25. The molecule has 0 radical (unpaired) electrons. The average Bonchev–Trinajstić information content (AvgIpc) is 3.36. The minimum Gasteiger partial charge on any atom is -0.483 e. The Hall–Kier alpha value is -3.94. The number of esters is 1. The fourth-order valence-corrected chi connectivity index (χ4v) is 8.42. The topological polar surface area (TPSA) is 79.3 Å². The minimum absolute atomic E-state index is 0.0750. The van der Waals surface area contributed by atoms with Gasteiger partial charge in [-0.2, -0.15) is 0 Å². The Labute approximate surface area is 252 Å². The number of carbonyl (C=O) groups excluding carboxylic acids is 2. The second kappa shape index (κ2) is 10.6. The number of hydrogen-bond acceptors (Lipinski definition) is 6. The molecular weight excluding hydrogens is 540 g/mol. The third kappa shape index (κ3) is 4.40. The zero-order valence-electron chi connectivity index (χ0n) is 24.7. The fourth-order valence-electron chi connectivity index (χ4n) is 8.42. The van der Waals surface area contributed by atoms with E-state index in [0.717, 1.165) is 36.2 Å². The quantitative estimate of drug-likeness (QED) is 0.252. The van der Waals surface area contributed by atoms with Gasteiger partial charge in [0, 0.05) is 38.2 Å². The monoisotopic (exact) mass is 578 g/mol. The zero-order chi connectivity index (χ0) is 29.8. The largest absolute Gasteiger partial charge is 0.483 e. The molecule has 1 N–H and O–H groups in total. The van der Waals surface area contributed by atoms with Crippen LogP contribution in [0.5, 0.6) is 11.5 Å². The minimum atomic E-state index is -1.04. The van der Waals surface area contributed by atoms with Crippen molar-refractivity contribution < 1.29 is 24.2 Å². The summed E-state index contributed by atoms with van der Waals surface area (Å²) in [6.07, 6.45) is 6.46. The van der Waals surface area contributed by atoms with E-state index in [2.05, 4.69) is 29.2 Å². The third-order valence-corrected chi connectivity index (χ3v) is 10.4. The summed E-state index contributed by atoms with van der Waals surface area (Å²) in [5.41, 5.74) is 2.60. The summed E-state index contributed by atoms with van der Waals surface area (Å²) in [6.45, 7) is 3.06. The van der Waals surface area contributed by atoms with E-state index in [1.165, 1.54) is 12.5 Å². The Morgan fingerprint density at radius 3 is 2.56 bits per heavy atom. The van der Waals surface area contributed by atoms with Crippen LogP contribution in [0.4, 0.5) is 0 Å². The van der Waals surface area contributed by atoms with Gasteiger partial charge in [0.05, 0.1) is 17.1 Å². The summed E-state index contributed by atoms with van der Waals surface area (Å²) >= 11 is 0. The third-order valence-electron chi connectivity index (χ3n) is 10.4. The van der Waals surface area contributed by atoms with Crippen molar-refractivity contribution in [3.05, 3.63) is 101 Å². The van der Waals surface area contributed by atoms with Gasteiger partial charge in [0.25, 0.3) is 0 Å². The van der Waals surface area contributed by atoms with Crippen LogP contribution in [0.1, 0.15) is 48.4 Å². The Morgan fingerprint density at radius 2 is 1.81 bits per heavy atom. The van der Waals surface area contributed by atoms with E-state index in [9.17, 15) is 14.7 Å². The number of ether oxygens (including phenoxy) is 2. The van der Waals surface area contributed by atoms with Crippen LogP contribution in [0.15, 0.2) is 78.9 Å². The van der Waals surface area contributed by atoms with Crippen molar-refractivity contribution in [2.75, 3.05) is 20.1 Å². The van der Waals surface area contributed by atoms with Gasteiger partial charge in [-0.3, -0.25) is 14.5 Å². The molecule has 2 fully saturated rings. The summed E-state index contributed by atoms with van der Waals surface area (Å²) in [7, 11) is 1.83. The molecule has 1 saturated heterocycles. The van der Waals surface area contributed by atoms with Crippen LogP contribution in [-0.4, -0.2) is 70.7 Å². The summed E-state index contributed by atoms with van der Waals surface area (Å²) in [4.78, 5) is 29.8. The number of aliphatic hydroxyl groups is 1. The first-order chi connectivity index (χ1) is 20.8. The number of nitrogens with zero attached hydrogens (tertiary/aromatic N) is 2. The molecule has 2 aliphatic heterocycles. The highest BCUT2D eigenvalue weighted by atomic mass is 16.6. The van der Waals surface area contributed by atoms with E-state index in [1.807, 2.05) is 61.7 Å². The standard InChI is InChI=1S/C36H38N2O5/c1-24(39)42-29-15-14-27-23-30-36(41)19-17-28(37(2)31(40)16-13-25-9-5-3-6-10-25)34-35(36,32(27)33(29)43-34)20-22-38(30)21-18-26-11-7-4-8-12-26/h3-16,28,30,34,41H,17-23H2,1-2H3/t28-,30+,34-,35-,36+/m0/s1. The molecule has 7 nitrogen and oxygen atoms in total. The van der Waals surface area contributed by atoms with E-state index in [1.54, 1.807) is 11.0 Å². The van der Waals surface area contributed by atoms with E-state index in [4.69, 9.17) is 9.47 Å². The molecule has 43 heavy (non-hydrogen) atoms. The number of amides is 1.